The molecule has 0 bridgehead atoms. The zero-order valence-electron chi connectivity index (χ0n) is 11.2. The quantitative estimate of drug-likeness (QED) is 0.777. The van der Waals surface area contributed by atoms with E-state index in [1.165, 1.54) is 18.3 Å². The maximum absolute atomic E-state index is 12.4. The Bertz CT molecular complexity index is 570. The topological polar surface area (TPSA) is 69.6 Å². The van der Waals surface area contributed by atoms with Crippen molar-refractivity contribution in [1.82, 2.24) is 10.2 Å². The summed E-state index contributed by atoms with van der Waals surface area (Å²) in [6.07, 6.45) is 0.772. The average molecular weight is 292 g/mol. The molecule has 2 amide bonds. The third kappa shape index (κ3) is 3.38. The summed E-state index contributed by atoms with van der Waals surface area (Å²) < 4.78 is 0. The Kier molecular flexibility index (Phi) is 4.77. The number of aliphatic hydroxyl groups is 1. The molecule has 1 aliphatic rings. The zero-order chi connectivity index (χ0) is 14.5. The molecule has 20 heavy (non-hydrogen) atoms. The molecule has 1 unspecified atom stereocenters. The van der Waals surface area contributed by atoms with Crippen LogP contribution < -0.4 is 5.32 Å². The van der Waals surface area contributed by atoms with Crippen molar-refractivity contribution in [2.45, 2.75) is 19.4 Å². The lowest BCUT2D eigenvalue weighted by atomic mass is 10.2. The SMILES string of the molecule is CC(=O)NC1CCN(C(=O)c2sccc2C#CCO)C1. The molecule has 6 heteroatoms. The zero-order valence-corrected chi connectivity index (χ0v) is 12.0. The van der Waals surface area contributed by atoms with Crippen LogP contribution in [-0.2, 0) is 4.79 Å². The second-order valence-electron chi connectivity index (χ2n) is 4.56. The highest BCUT2D eigenvalue weighted by Crippen LogP contribution is 2.21. The van der Waals surface area contributed by atoms with Crippen LogP contribution in [0.15, 0.2) is 11.4 Å². The normalized spacial score (nSPS) is 17.5. The predicted octanol–water partition coefficient (Wildman–Crippen LogP) is 0.442. The second-order valence-corrected chi connectivity index (χ2v) is 5.48. The molecule has 1 aromatic rings. The van der Waals surface area contributed by atoms with E-state index in [0.717, 1.165) is 6.42 Å². The first-order valence-corrected chi connectivity index (χ1v) is 7.23. The highest BCUT2D eigenvalue weighted by Gasteiger charge is 2.28. The van der Waals surface area contributed by atoms with Gasteiger partial charge in [-0.1, -0.05) is 11.8 Å². The van der Waals surface area contributed by atoms with Crippen molar-refractivity contribution in [3.63, 3.8) is 0 Å². The van der Waals surface area contributed by atoms with E-state index in [2.05, 4.69) is 17.2 Å². The molecule has 106 valence electrons. The maximum Gasteiger partial charge on any atom is 0.265 e. The summed E-state index contributed by atoms with van der Waals surface area (Å²) in [4.78, 5) is 25.8. The Morgan fingerprint density at radius 3 is 3.10 bits per heavy atom. The molecule has 0 aliphatic carbocycles. The molecule has 1 aromatic heterocycles. The van der Waals surface area contributed by atoms with Gasteiger partial charge in [-0.3, -0.25) is 9.59 Å². The minimum atomic E-state index is -0.224. The first-order chi connectivity index (χ1) is 9.61. The summed E-state index contributed by atoms with van der Waals surface area (Å²) in [5, 5.41) is 13.4. The van der Waals surface area contributed by atoms with Gasteiger partial charge < -0.3 is 15.3 Å². The van der Waals surface area contributed by atoms with Crippen LogP contribution in [0.3, 0.4) is 0 Å². The first kappa shape index (κ1) is 14.6. The molecule has 1 fully saturated rings. The lowest BCUT2D eigenvalue weighted by molar-refractivity contribution is -0.119. The van der Waals surface area contributed by atoms with Crippen molar-refractivity contribution >= 4 is 23.2 Å². The molecule has 2 rings (SSSR count). The fraction of sp³-hybridized carbons (Fsp3) is 0.429. The number of aliphatic hydroxyl groups excluding tert-OH is 1. The first-order valence-electron chi connectivity index (χ1n) is 6.35. The monoisotopic (exact) mass is 292 g/mol. The van der Waals surface area contributed by atoms with Crippen LogP contribution in [0.4, 0.5) is 0 Å². The number of rotatable bonds is 2. The highest BCUT2D eigenvalue weighted by atomic mass is 32.1. The standard InChI is InChI=1S/C14H16N2O3S/c1-10(18)15-12-4-6-16(9-12)14(19)13-11(3-2-7-17)5-8-20-13/h5,8,12,17H,4,6-7,9H2,1H3,(H,15,18). The Morgan fingerprint density at radius 2 is 2.40 bits per heavy atom. The molecule has 1 saturated heterocycles. The summed E-state index contributed by atoms with van der Waals surface area (Å²) in [7, 11) is 0. The third-order valence-corrected chi connectivity index (χ3v) is 3.95. The lowest BCUT2D eigenvalue weighted by Crippen LogP contribution is -2.37. The van der Waals surface area contributed by atoms with Crippen molar-refractivity contribution in [3.05, 3.63) is 21.9 Å². The molecule has 5 nitrogen and oxygen atoms in total. The second kappa shape index (κ2) is 6.55. The van der Waals surface area contributed by atoms with Gasteiger partial charge in [0, 0.05) is 31.6 Å². The Morgan fingerprint density at radius 1 is 1.60 bits per heavy atom. The van der Waals surface area contributed by atoms with E-state index in [4.69, 9.17) is 5.11 Å². The number of amides is 2. The van der Waals surface area contributed by atoms with Crippen molar-refractivity contribution in [2.75, 3.05) is 19.7 Å². The van der Waals surface area contributed by atoms with Gasteiger partial charge in [-0.05, 0) is 17.9 Å². The highest BCUT2D eigenvalue weighted by molar-refractivity contribution is 7.12. The summed E-state index contributed by atoms with van der Waals surface area (Å²) in [6, 6.07) is 1.81. The van der Waals surface area contributed by atoms with Crippen molar-refractivity contribution in [1.29, 1.82) is 0 Å². The summed E-state index contributed by atoms with van der Waals surface area (Å²) >= 11 is 1.35. The summed E-state index contributed by atoms with van der Waals surface area (Å²) in [5.41, 5.74) is 0.650. The third-order valence-electron chi connectivity index (χ3n) is 3.04. The van der Waals surface area contributed by atoms with Crippen LogP contribution in [0.1, 0.15) is 28.6 Å². The van der Waals surface area contributed by atoms with Crippen LogP contribution in [-0.4, -0.2) is 47.6 Å². The molecule has 2 N–H and O–H groups in total. The van der Waals surface area contributed by atoms with Gasteiger partial charge in [0.1, 0.15) is 11.5 Å². The molecule has 2 heterocycles. The Balaban J connectivity index is 2.06. The smallest absolute Gasteiger partial charge is 0.265 e. The molecular formula is C14H16N2O3S. The number of hydrogen-bond donors (Lipinski definition) is 2. The Labute approximate surface area is 121 Å². The van der Waals surface area contributed by atoms with Crippen molar-refractivity contribution in [2.24, 2.45) is 0 Å². The van der Waals surface area contributed by atoms with E-state index < -0.39 is 0 Å². The van der Waals surface area contributed by atoms with Crippen LogP contribution >= 0.6 is 11.3 Å². The van der Waals surface area contributed by atoms with E-state index in [-0.39, 0.29) is 24.5 Å². The molecule has 0 radical (unpaired) electrons. The van der Waals surface area contributed by atoms with E-state index in [1.54, 1.807) is 11.0 Å². The van der Waals surface area contributed by atoms with Gasteiger partial charge in [-0.2, -0.15) is 0 Å². The molecule has 0 aromatic carbocycles. The number of hydrogen-bond acceptors (Lipinski definition) is 4. The van der Waals surface area contributed by atoms with Crippen LogP contribution in [0.5, 0.6) is 0 Å². The van der Waals surface area contributed by atoms with Crippen LogP contribution in [0.2, 0.25) is 0 Å². The average Bonchev–Trinajstić information content (AvgIpc) is 3.03. The number of thiophene rings is 1. The molecule has 1 aliphatic heterocycles. The maximum atomic E-state index is 12.4. The number of nitrogens with zero attached hydrogens (tertiary/aromatic N) is 1. The lowest BCUT2D eigenvalue weighted by Gasteiger charge is -2.16. The minimum Gasteiger partial charge on any atom is -0.384 e. The molecule has 0 saturated carbocycles. The fourth-order valence-corrected chi connectivity index (χ4v) is 3.02. The van der Waals surface area contributed by atoms with Gasteiger partial charge in [-0.25, -0.2) is 0 Å². The van der Waals surface area contributed by atoms with E-state index in [0.29, 0.717) is 23.5 Å². The van der Waals surface area contributed by atoms with Crippen molar-refractivity contribution in [3.8, 4) is 11.8 Å². The van der Waals surface area contributed by atoms with E-state index >= 15 is 0 Å². The minimum absolute atomic E-state index is 0.0309. The van der Waals surface area contributed by atoms with Gasteiger partial charge in [0.15, 0.2) is 0 Å². The summed E-state index contributed by atoms with van der Waals surface area (Å²) in [6.45, 7) is 2.42. The molecule has 1 atom stereocenters. The van der Waals surface area contributed by atoms with Gasteiger partial charge in [0.2, 0.25) is 5.91 Å². The van der Waals surface area contributed by atoms with Gasteiger partial charge >= 0.3 is 0 Å². The Hall–Kier alpha value is -1.84. The van der Waals surface area contributed by atoms with Crippen LogP contribution in [0.25, 0.3) is 0 Å². The predicted molar refractivity (Wildman–Crippen MR) is 76.4 cm³/mol. The van der Waals surface area contributed by atoms with E-state index in [1.807, 2.05) is 5.38 Å². The number of nitrogens with one attached hydrogen (secondary N) is 1. The van der Waals surface area contributed by atoms with Gasteiger partial charge in [0.05, 0.1) is 0 Å². The van der Waals surface area contributed by atoms with E-state index in [9.17, 15) is 9.59 Å². The van der Waals surface area contributed by atoms with Crippen molar-refractivity contribution < 1.29 is 14.7 Å². The molecule has 0 spiro atoms. The largest absolute Gasteiger partial charge is 0.384 e. The van der Waals surface area contributed by atoms with Crippen LogP contribution in [0, 0.1) is 11.8 Å². The van der Waals surface area contributed by atoms with Gasteiger partial charge in [-0.15, -0.1) is 11.3 Å². The number of carbonyl (C=O) groups excluding carboxylic acids is 2. The fourth-order valence-electron chi connectivity index (χ4n) is 2.20. The molecular weight excluding hydrogens is 276 g/mol. The number of carbonyl (C=O) groups is 2. The van der Waals surface area contributed by atoms with Gasteiger partial charge in [0.25, 0.3) is 5.91 Å². The summed E-state index contributed by atoms with van der Waals surface area (Å²) in [5.74, 6) is 5.21. The number of likely N-dealkylation sites (tertiary alicyclic amines) is 1.